The van der Waals surface area contributed by atoms with Crippen molar-refractivity contribution in [3.8, 4) is 0 Å². The third-order valence-electron chi connectivity index (χ3n) is 4.78. The normalized spacial score (nSPS) is 22.9. The smallest absolute Gasteiger partial charge is 0.0576 e. The molecule has 0 radical (unpaired) electrons. The summed E-state index contributed by atoms with van der Waals surface area (Å²) in [7, 11) is 0. The molecular formula is C18H27NO. The minimum Gasteiger partial charge on any atom is -0.378 e. The molecule has 1 heterocycles. The van der Waals surface area contributed by atoms with Gasteiger partial charge in [0, 0.05) is 12.6 Å². The molecule has 0 aromatic heterocycles. The fourth-order valence-electron chi connectivity index (χ4n) is 3.67. The zero-order valence-corrected chi connectivity index (χ0v) is 12.7. The number of hydrogen-bond acceptors (Lipinski definition) is 2. The zero-order chi connectivity index (χ0) is 13.8. The Hall–Kier alpha value is -0.860. The maximum absolute atomic E-state index is 5.76. The van der Waals surface area contributed by atoms with Crippen LogP contribution >= 0.6 is 0 Å². The highest BCUT2D eigenvalue weighted by atomic mass is 16.5. The van der Waals surface area contributed by atoms with Crippen LogP contribution in [-0.2, 0) is 17.6 Å². The molecule has 1 aromatic rings. The Kier molecular flexibility index (Phi) is 4.74. The van der Waals surface area contributed by atoms with E-state index in [1.165, 1.54) is 50.5 Å². The summed E-state index contributed by atoms with van der Waals surface area (Å²) in [5.74, 6) is 0. The SMILES string of the molecule is CCNC(CCC1CCCO1)c1ccc2c(c1)CCC2. The van der Waals surface area contributed by atoms with Crippen LogP contribution in [0.4, 0.5) is 0 Å². The third kappa shape index (κ3) is 3.24. The van der Waals surface area contributed by atoms with Gasteiger partial charge in [-0.1, -0.05) is 25.1 Å². The molecule has 2 atom stereocenters. The standard InChI is InChI=1S/C18H27NO/c1-2-19-18(11-10-17-7-4-12-20-17)16-9-8-14-5-3-6-15(14)13-16/h8-9,13,17-19H,2-7,10-12H2,1H3. The summed E-state index contributed by atoms with van der Waals surface area (Å²) >= 11 is 0. The first-order valence-electron chi connectivity index (χ1n) is 8.33. The molecule has 1 N–H and O–H groups in total. The maximum Gasteiger partial charge on any atom is 0.0576 e. The predicted molar refractivity (Wildman–Crippen MR) is 83.1 cm³/mol. The van der Waals surface area contributed by atoms with Crippen LogP contribution in [-0.4, -0.2) is 19.3 Å². The number of rotatable bonds is 6. The quantitative estimate of drug-likeness (QED) is 0.851. The maximum atomic E-state index is 5.76. The molecule has 1 aromatic carbocycles. The Balaban J connectivity index is 1.65. The van der Waals surface area contributed by atoms with Crippen LogP contribution in [0.25, 0.3) is 0 Å². The van der Waals surface area contributed by atoms with Crippen LogP contribution in [0.5, 0.6) is 0 Å². The van der Waals surface area contributed by atoms with E-state index in [2.05, 4.69) is 30.4 Å². The molecule has 0 bridgehead atoms. The van der Waals surface area contributed by atoms with Gasteiger partial charge in [0.05, 0.1) is 6.10 Å². The molecule has 1 aliphatic carbocycles. The summed E-state index contributed by atoms with van der Waals surface area (Å²) in [5.41, 5.74) is 4.64. The summed E-state index contributed by atoms with van der Waals surface area (Å²) < 4.78 is 5.76. The Morgan fingerprint density at radius 3 is 2.95 bits per heavy atom. The number of nitrogens with one attached hydrogen (secondary N) is 1. The number of hydrogen-bond donors (Lipinski definition) is 1. The second kappa shape index (κ2) is 6.73. The Morgan fingerprint density at radius 1 is 1.25 bits per heavy atom. The fraction of sp³-hybridized carbons (Fsp3) is 0.667. The highest BCUT2D eigenvalue weighted by Crippen LogP contribution is 2.28. The predicted octanol–water partition coefficient (Wildman–Crippen LogP) is 3.79. The molecule has 2 nitrogen and oxygen atoms in total. The first-order valence-corrected chi connectivity index (χ1v) is 8.33. The minimum absolute atomic E-state index is 0.495. The molecule has 1 saturated heterocycles. The Bertz CT molecular complexity index is 437. The summed E-state index contributed by atoms with van der Waals surface area (Å²) in [5, 5.41) is 3.66. The van der Waals surface area contributed by atoms with Crippen LogP contribution < -0.4 is 5.32 Å². The van der Waals surface area contributed by atoms with Gasteiger partial charge in [0.2, 0.25) is 0 Å². The van der Waals surface area contributed by atoms with Gasteiger partial charge in [-0.3, -0.25) is 0 Å². The van der Waals surface area contributed by atoms with Crippen molar-refractivity contribution in [1.29, 1.82) is 0 Å². The van der Waals surface area contributed by atoms with Gasteiger partial charge in [0.15, 0.2) is 0 Å². The second-order valence-electron chi connectivity index (χ2n) is 6.20. The lowest BCUT2D eigenvalue weighted by Gasteiger charge is -2.21. The van der Waals surface area contributed by atoms with Gasteiger partial charge in [-0.25, -0.2) is 0 Å². The minimum atomic E-state index is 0.495. The average Bonchev–Trinajstić information content (AvgIpc) is 3.13. The lowest BCUT2D eigenvalue weighted by atomic mass is 9.96. The van der Waals surface area contributed by atoms with E-state index in [4.69, 9.17) is 4.74 Å². The number of benzene rings is 1. The third-order valence-corrected chi connectivity index (χ3v) is 4.78. The van der Waals surface area contributed by atoms with Gasteiger partial charge in [-0.05, 0) is 68.2 Å². The average molecular weight is 273 g/mol. The van der Waals surface area contributed by atoms with E-state index in [1.807, 2.05) is 0 Å². The summed E-state index contributed by atoms with van der Waals surface area (Å²) in [4.78, 5) is 0. The monoisotopic (exact) mass is 273 g/mol. The highest BCUT2D eigenvalue weighted by Gasteiger charge is 2.20. The van der Waals surface area contributed by atoms with E-state index in [0.29, 0.717) is 12.1 Å². The van der Waals surface area contributed by atoms with Crippen molar-refractivity contribution >= 4 is 0 Å². The molecule has 110 valence electrons. The molecule has 0 saturated carbocycles. The van der Waals surface area contributed by atoms with Gasteiger partial charge in [-0.2, -0.15) is 0 Å². The topological polar surface area (TPSA) is 21.3 Å². The van der Waals surface area contributed by atoms with E-state index in [9.17, 15) is 0 Å². The molecule has 1 aliphatic heterocycles. The number of fused-ring (bicyclic) bond motifs is 1. The summed E-state index contributed by atoms with van der Waals surface area (Å²) in [6, 6.07) is 7.64. The van der Waals surface area contributed by atoms with Gasteiger partial charge in [0.1, 0.15) is 0 Å². The first-order chi connectivity index (χ1) is 9.86. The Morgan fingerprint density at radius 2 is 2.15 bits per heavy atom. The van der Waals surface area contributed by atoms with Gasteiger partial charge in [0.25, 0.3) is 0 Å². The van der Waals surface area contributed by atoms with E-state index in [1.54, 1.807) is 11.1 Å². The van der Waals surface area contributed by atoms with Crippen molar-refractivity contribution in [2.75, 3.05) is 13.2 Å². The van der Waals surface area contributed by atoms with Crippen molar-refractivity contribution in [3.63, 3.8) is 0 Å². The largest absolute Gasteiger partial charge is 0.378 e. The van der Waals surface area contributed by atoms with Crippen molar-refractivity contribution < 1.29 is 4.74 Å². The van der Waals surface area contributed by atoms with Gasteiger partial charge >= 0.3 is 0 Å². The van der Waals surface area contributed by atoms with Crippen molar-refractivity contribution in [2.24, 2.45) is 0 Å². The molecular weight excluding hydrogens is 246 g/mol. The van der Waals surface area contributed by atoms with Crippen LogP contribution in [0, 0.1) is 0 Å². The van der Waals surface area contributed by atoms with E-state index < -0.39 is 0 Å². The Labute approximate surface area is 122 Å². The van der Waals surface area contributed by atoms with Crippen LogP contribution in [0.1, 0.15) is 61.8 Å². The second-order valence-corrected chi connectivity index (χ2v) is 6.20. The van der Waals surface area contributed by atoms with Gasteiger partial charge < -0.3 is 10.1 Å². The number of ether oxygens (including phenoxy) is 1. The van der Waals surface area contributed by atoms with Crippen LogP contribution in [0.15, 0.2) is 18.2 Å². The molecule has 3 rings (SSSR count). The molecule has 2 heteroatoms. The van der Waals surface area contributed by atoms with Crippen LogP contribution in [0.2, 0.25) is 0 Å². The van der Waals surface area contributed by atoms with E-state index >= 15 is 0 Å². The van der Waals surface area contributed by atoms with Crippen molar-refractivity contribution in [2.45, 2.75) is 64.0 Å². The summed E-state index contributed by atoms with van der Waals surface area (Å²) in [6.45, 7) is 4.20. The molecule has 0 spiro atoms. The summed E-state index contributed by atoms with van der Waals surface area (Å²) in [6.07, 6.45) is 9.27. The molecule has 20 heavy (non-hydrogen) atoms. The molecule has 2 aliphatic rings. The lowest BCUT2D eigenvalue weighted by molar-refractivity contribution is 0.0996. The molecule has 0 amide bonds. The van der Waals surface area contributed by atoms with E-state index in [-0.39, 0.29) is 0 Å². The van der Waals surface area contributed by atoms with Crippen LogP contribution in [0.3, 0.4) is 0 Å². The zero-order valence-electron chi connectivity index (χ0n) is 12.7. The lowest BCUT2D eigenvalue weighted by Crippen LogP contribution is -2.22. The first kappa shape index (κ1) is 14.1. The van der Waals surface area contributed by atoms with Crippen molar-refractivity contribution in [1.82, 2.24) is 5.32 Å². The molecule has 2 unspecified atom stereocenters. The fourth-order valence-corrected chi connectivity index (χ4v) is 3.67. The van der Waals surface area contributed by atoms with Crippen molar-refractivity contribution in [3.05, 3.63) is 34.9 Å². The van der Waals surface area contributed by atoms with E-state index in [0.717, 1.165) is 13.2 Å². The van der Waals surface area contributed by atoms with Gasteiger partial charge in [-0.15, -0.1) is 0 Å². The highest BCUT2D eigenvalue weighted by molar-refractivity contribution is 5.36. The molecule has 1 fully saturated rings. The number of aryl methyl sites for hydroxylation is 2.